The maximum Gasteiger partial charge on any atom is 0.416 e. The average Bonchev–Trinajstić information content (AvgIpc) is 3.72. The van der Waals surface area contributed by atoms with Gasteiger partial charge in [-0.2, -0.15) is 13.2 Å². The van der Waals surface area contributed by atoms with Crippen LogP contribution in [0.1, 0.15) is 64.8 Å². The summed E-state index contributed by atoms with van der Waals surface area (Å²) in [6.45, 7) is 3.13. The van der Waals surface area contributed by atoms with Gasteiger partial charge in [0.15, 0.2) is 0 Å². The van der Waals surface area contributed by atoms with Gasteiger partial charge in [-0.1, -0.05) is 103 Å². The van der Waals surface area contributed by atoms with Crippen LogP contribution in [-0.2, 0) is 70.7 Å². The van der Waals surface area contributed by atoms with Gasteiger partial charge in [0.2, 0.25) is 0 Å². The Bertz CT molecular complexity index is 3010. The number of para-hydroxylation sites is 1. The van der Waals surface area contributed by atoms with E-state index in [1.807, 2.05) is 31.2 Å². The lowest BCUT2D eigenvalue weighted by atomic mass is 9.99. The third-order valence-corrected chi connectivity index (χ3v) is 16.0. The molecule has 0 aromatic heterocycles. The van der Waals surface area contributed by atoms with E-state index in [9.17, 15) is 43.2 Å². The summed E-state index contributed by atoms with van der Waals surface area (Å²) in [5.41, 5.74) is 5.00. The Morgan fingerprint density at radius 1 is 0.582 bits per heavy atom. The van der Waals surface area contributed by atoms with Gasteiger partial charge in [0.05, 0.1) is 26.7 Å². The van der Waals surface area contributed by atoms with Crippen LogP contribution in [0.25, 0.3) is 0 Å². The normalized spacial score (nSPS) is 15.0. The van der Waals surface area contributed by atoms with Crippen LogP contribution in [0.15, 0.2) is 149 Å². The second-order valence-electron chi connectivity index (χ2n) is 16.8. The van der Waals surface area contributed by atoms with Crippen LogP contribution in [0, 0.1) is 5.82 Å². The van der Waals surface area contributed by atoms with Gasteiger partial charge in [0.1, 0.15) is 5.82 Å². The highest BCUT2D eigenvalue weighted by Crippen LogP contribution is 2.37. The lowest BCUT2D eigenvalue weighted by molar-refractivity contribution is -0.137. The SMILES string of the molecule is CC(F)(F)c1cccc(CC(=S)Cc2ccc(S(=O)(=O)N3CCc4ccccc43)cc2)c1.CC1CCc2cc(F)ccc2N1S(=O)(=O)c1ccc(CC(=S)Cc2cccc(C(F)(F)F)c2)cc1. The second-order valence-corrected chi connectivity index (χ2v) is 21.6. The van der Waals surface area contributed by atoms with E-state index in [2.05, 4.69) is 0 Å². The van der Waals surface area contributed by atoms with Crippen LogP contribution in [0.5, 0.6) is 0 Å². The molecule has 6 aromatic rings. The Morgan fingerprint density at radius 2 is 1.10 bits per heavy atom. The molecule has 0 fully saturated rings. The number of fused-ring (bicyclic) bond motifs is 2. The number of nitrogens with zero attached hydrogens (tertiary/aromatic N) is 2. The number of rotatable bonds is 13. The molecule has 8 rings (SSSR count). The van der Waals surface area contributed by atoms with Crippen LogP contribution in [0.3, 0.4) is 0 Å². The third kappa shape index (κ3) is 11.8. The quantitative estimate of drug-likeness (QED) is 0.0848. The number of hydrogen-bond donors (Lipinski definition) is 0. The third-order valence-electron chi connectivity index (χ3n) is 11.6. The van der Waals surface area contributed by atoms with Crippen molar-refractivity contribution in [2.75, 3.05) is 15.2 Å². The predicted octanol–water partition coefficient (Wildman–Crippen LogP) is 12.2. The summed E-state index contributed by atoms with van der Waals surface area (Å²) in [6.07, 6.45) is -1.13. The first-order valence-electron chi connectivity index (χ1n) is 21.4. The Balaban J connectivity index is 0.000000200. The Morgan fingerprint density at radius 3 is 1.67 bits per heavy atom. The van der Waals surface area contributed by atoms with Gasteiger partial charge in [0, 0.05) is 60.5 Å². The highest BCUT2D eigenvalue weighted by atomic mass is 32.2. The summed E-state index contributed by atoms with van der Waals surface area (Å²) >= 11 is 10.9. The maximum atomic E-state index is 13.7. The van der Waals surface area contributed by atoms with Gasteiger partial charge in [-0.3, -0.25) is 8.61 Å². The van der Waals surface area contributed by atoms with Gasteiger partial charge in [-0.15, -0.1) is 0 Å². The van der Waals surface area contributed by atoms with Crippen LogP contribution < -0.4 is 8.61 Å². The van der Waals surface area contributed by atoms with E-state index in [1.54, 1.807) is 54.6 Å². The fraction of sp³-hybridized carbons (Fsp3) is 0.255. The second kappa shape index (κ2) is 20.0. The zero-order chi connectivity index (χ0) is 48.3. The summed E-state index contributed by atoms with van der Waals surface area (Å²) in [5, 5.41) is 0. The van der Waals surface area contributed by atoms with E-state index >= 15 is 0 Å². The van der Waals surface area contributed by atoms with Crippen molar-refractivity contribution in [3.63, 3.8) is 0 Å². The topological polar surface area (TPSA) is 74.8 Å². The van der Waals surface area contributed by atoms with Crippen molar-refractivity contribution in [3.8, 4) is 0 Å². The van der Waals surface area contributed by atoms with Crippen molar-refractivity contribution in [2.45, 2.75) is 86.7 Å². The van der Waals surface area contributed by atoms with Crippen molar-refractivity contribution in [1.29, 1.82) is 0 Å². The van der Waals surface area contributed by atoms with Crippen LogP contribution in [0.2, 0.25) is 0 Å². The van der Waals surface area contributed by atoms with Crippen molar-refractivity contribution in [2.24, 2.45) is 0 Å². The van der Waals surface area contributed by atoms with Crippen molar-refractivity contribution in [3.05, 3.63) is 190 Å². The Labute approximate surface area is 398 Å². The Hall–Kier alpha value is -5.42. The molecular formula is C51H46F6N2O4S4. The van der Waals surface area contributed by atoms with E-state index in [4.69, 9.17) is 24.4 Å². The lowest BCUT2D eigenvalue weighted by Crippen LogP contribution is -2.42. The first-order valence-corrected chi connectivity index (χ1v) is 25.1. The molecule has 0 saturated heterocycles. The minimum Gasteiger partial charge on any atom is -0.266 e. The van der Waals surface area contributed by atoms with Gasteiger partial charge in [0.25, 0.3) is 26.0 Å². The van der Waals surface area contributed by atoms with E-state index < -0.39 is 43.5 Å². The number of anilines is 2. The number of hydrogen-bond acceptors (Lipinski definition) is 6. The number of alkyl halides is 5. The highest BCUT2D eigenvalue weighted by molar-refractivity contribution is 7.93. The molecule has 16 heteroatoms. The molecule has 1 unspecified atom stereocenters. The highest BCUT2D eigenvalue weighted by Gasteiger charge is 2.35. The summed E-state index contributed by atoms with van der Waals surface area (Å²) in [5.74, 6) is -3.30. The van der Waals surface area contributed by atoms with Crippen LogP contribution >= 0.6 is 24.4 Å². The number of benzene rings is 6. The fourth-order valence-electron chi connectivity index (χ4n) is 8.26. The van der Waals surface area contributed by atoms with Crippen LogP contribution in [0.4, 0.5) is 37.7 Å². The van der Waals surface area contributed by atoms with Gasteiger partial charge >= 0.3 is 6.18 Å². The van der Waals surface area contributed by atoms with Gasteiger partial charge in [-0.25, -0.2) is 30.0 Å². The first-order chi connectivity index (χ1) is 31.6. The molecule has 2 aliphatic heterocycles. The summed E-state index contributed by atoms with van der Waals surface area (Å²) in [7, 11) is -7.51. The van der Waals surface area contributed by atoms with Crippen molar-refractivity contribution in [1.82, 2.24) is 0 Å². The molecule has 0 saturated carbocycles. The summed E-state index contributed by atoms with van der Waals surface area (Å²) in [4.78, 5) is 1.59. The van der Waals surface area contributed by atoms with Crippen LogP contribution in [-0.4, -0.2) is 39.2 Å². The molecule has 6 nitrogen and oxygen atoms in total. The molecule has 0 N–H and O–H groups in total. The number of thiocarbonyl (C=S) groups is 2. The van der Waals surface area contributed by atoms with E-state index in [-0.39, 0.29) is 27.8 Å². The summed E-state index contributed by atoms with van der Waals surface area (Å²) < 4.78 is 136. The number of aryl methyl sites for hydroxylation is 1. The molecule has 2 aliphatic rings. The predicted molar refractivity (Wildman–Crippen MR) is 259 cm³/mol. The van der Waals surface area contributed by atoms with E-state index in [0.717, 1.165) is 47.0 Å². The molecule has 0 amide bonds. The standard InChI is InChI=1S/C26H23F4NO2S2.C25H23F2NO2S2/c1-17-5-8-20-16-22(27)9-12-25(20)31(17)35(32,33)24-10-6-18(7-11-24)14-23(34)15-19-3-2-4-21(13-19)26(28,29)30;1-25(26,27)21-7-4-5-19(15-21)17-22(31)16-18-9-11-23(12-10-18)32(29,30)28-14-13-20-6-2-3-8-24(20)28/h2-4,6-7,9-13,16-17H,5,8,14-15H2,1H3;2-12,15H,13-14,16-17H2,1H3. The molecule has 1 atom stereocenters. The first kappa shape index (κ1) is 49.5. The zero-order valence-corrected chi connectivity index (χ0v) is 39.7. The van der Waals surface area contributed by atoms with E-state index in [0.29, 0.717) is 71.6 Å². The molecule has 350 valence electrons. The largest absolute Gasteiger partial charge is 0.416 e. The molecule has 6 aromatic carbocycles. The zero-order valence-electron chi connectivity index (χ0n) is 36.4. The molecule has 0 bridgehead atoms. The minimum absolute atomic E-state index is 0.0316. The average molecular weight is 993 g/mol. The van der Waals surface area contributed by atoms with E-state index in [1.165, 1.54) is 57.1 Å². The number of sulfonamides is 2. The van der Waals surface area contributed by atoms with Gasteiger partial charge < -0.3 is 0 Å². The molecule has 0 spiro atoms. The monoisotopic (exact) mass is 992 g/mol. The maximum absolute atomic E-state index is 13.7. The molecule has 67 heavy (non-hydrogen) atoms. The Kier molecular flexibility index (Phi) is 14.8. The molecule has 0 radical (unpaired) electrons. The molecule has 0 aliphatic carbocycles. The van der Waals surface area contributed by atoms with Crippen molar-refractivity contribution >= 4 is 65.6 Å². The molecular weight excluding hydrogens is 947 g/mol. The minimum atomic E-state index is -4.42. The summed E-state index contributed by atoms with van der Waals surface area (Å²) in [6, 6.07) is 35.8. The number of halogens is 6. The van der Waals surface area contributed by atoms with Gasteiger partial charge in [-0.05, 0) is 120 Å². The fourth-order valence-corrected chi connectivity index (χ4v) is 12.2. The smallest absolute Gasteiger partial charge is 0.266 e. The molecule has 2 heterocycles. The van der Waals surface area contributed by atoms with Crippen molar-refractivity contribution < 1.29 is 43.2 Å². The lowest BCUT2D eigenvalue weighted by Gasteiger charge is -2.36.